The van der Waals surface area contributed by atoms with Gasteiger partial charge >= 0.3 is 0 Å². The summed E-state index contributed by atoms with van der Waals surface area (Å²) in [4.78, 5) is 0. The van der Waals surface area contributed by atoms with E-state index in [0.717, 1.165) is 0 Å². The summed E-state index contributed by atoms with van der Waals surface area (Å²) in [6.07, 6.45) is 1.20. The standard InChI is InChI=1S/C7H14.C2H3I3/c1-5-7(4)6(2)3;1-2(3,4)5/h5H2,1-4H3;1H3. The fraction of sp³-hybridized carbons (Fsp3) is 0.778. The van der Waals surface area contributed by atoms with Crippen molar-refractivity contribution in [1.29, 1.82) is 0 Å². The average Bonchev–Trinajstić information content (AvgIpc) is 1.82. The van der Waals surface area contributed by atoms with Gasteiger partial charge in [-0.3, -0.25) is 0 Å². The van der Waals surface area contributed by atoms with Crippen LogP contribution in [0.4, 0.5) is 0 Å². The molecule has 0 aromatic rings. The maximum atomic E-state index is 2.35. The third-order valence-electron chi connectivity index (χ3n) is 1.38. The van der Waals surface area contributed by atoms with Crippen LogP contribution in [-0.4, -0.2) is -0.565 Å². The summed E-state index contributed by atoms with van der Waals surface area (Å²) in [5, 5.41) is 0. The lowest BCUT2D eigenvalue weighted by Crippen LogP contribution is -1.82. The van der Waals surface area contributed by atoms with Gasteiger partial charge in [0, 0.05) is 0 Å². The molecule has 0 aromatic heterocycles. The zero-order valence-corrected chi connectivity index (χ0v) is 14.8. The number of halogens is 3. The molecule has 0 spiro atoms. The Balaban J connectivity index is 0. The molecule has 0 aliphatic heterocycles. The van der Waals surface area contributed by atoms with Gasteiger partial charge in [-0.1, -0.05) is 85.8 Å². The summed E-state index contributed by atoms with van der Waals surface area (Å²) in [6.45, 7) is 10.8. The molecule has 0 aromatic carbocycles. The van der Waals surface area contributed by atoms with Gasteiger partial charge in [-0.2, -0.15) is 0 Å². The molecule has 12 heavy (non-hydrogen) atoms. The van der Waals surface area contributed by atoms with E-state index in [4.69, 9.17) is 0 Å². The molecule has 74 valence electrons. The highest BCUT2D eigenvalue weighted by molar-refractivity contribution is 14.3. The van der Waals surface area contributed by atoms with Crippen molar-refractivity contribution in [2.45, 2.75) is 40.5 Å². The van der Waals surface area contributed by atoms with Gasteiger partial charge in [0.15, 0.2) is 0 Å². The Bertz CT molecular complexity index is 132. The van der Waals surface area contributed by atoms with Crippen LogP contribution in [0, 0.1) is 0 Å². The van der Waals surface area contributed by atoms with Crippen LogP contribution in [0.1, 0.15) is 41.0 Å². The van der Waals surface area contributed by atoms with E-state index in [1.165, 1.54) is 17.6 Å². The van der Waals surface area contributed by atoms with Crippen LogP contribution in [0.15, 0.2) is 11.1 Å². The molecule has 0 radical (unpaired) electrons. The van der Waals surface area contributed by atoms with Crippen molar-refractivity contribution in [3.05, 3.63) is 11.1 Å². The first-order valence-electron chi connectivity index (χ1n) is 3.88. The minimum atomic E-state index is 0.410. The van der Waals surface area contributed by atoms with Gasteiger partial charge in [0.25, 0.3) is 0 Å². The van der Waals surface area contributed by atoms with Crippen LogP contribution in [0.5, 0.6) is 0 Å². The van der Waals surface area contributed by atoms with E-state index in [-0.39, 0.29) is 0 Å². The Hall–Kier alpha value is 1.93. The van der Waals surface area contributed by atoms with E-state index in [1.807, 2.05) is 0 Å². The van der Waals surface area contributed by atoms with Gasteiger partial charge in [-0.15, -0.1) is 0 Å². The first kappa shape index (κ1) is 16.4. The van der Waals surface area contributed by atoms with Gasteiger partial charge in [0.2, 0.25) is 0 Å². The van der Waals surface area contributed by atoms with Crippen molar-refractivity contribution in [2.75, 3.05) is 0 Å². The zero-order valence-electron chi connectivity index (χ0n) is 8.34. The smallest absolute Gasteiger partial charge is 0.0775 e. The SMILES string of the molecule is CC(I)(I)I.CCC(C)=C(C)C. The lowest BCUT2D eigenvalue weighted by molar-refractivity contribution is 1.05. The van der Waals surface area contributed by atoms with Gasteiger partial charge < -0.3 is 0 Å². The van der Waals surface area contributed by atoms with Crippen molar-refractivity contribution >= 4 is 67.8 Å². The minimum Gasteiger partial charge on any atom is -0.0775 e. The monoisotopic (exact) mass is 506 g/mol. The Morgan fingerprint density at radius 2 is 1.33 bits per heavy atom. The Labute approximate surface area is 118 Å². The molecular formula is C9H17I3. The molecule has 0 saturated heterocycles. The maximum Gasteiger partial charge on any atom is 0.121 e. The summed E-state index contributed by atoms with van der Waals surface area (Å²) in [5.41, 5.74) is 2.97. The number of rotatable bonds is 1. The van der Waals surface area contributed by atoms with Gasteiger partial charge in [0.05, 0.1) is 0 Å². The van der Waals surface area contributed by atoms with Crippen molar-refractivity contribution < 1.29 is 0 Å². The topological polar surface area (TPSA) is 0 Å². The maximum absolute atomic E-state index is 2.35. The van der Waals surface area contributed by atoms with Crippen LogP contribution >= 0.6 is 67.8 Å². The molecule has 0 aliphatic rings. The summed E-state index contributed by atoms with van der Waals surface area (Å²) >= 11 is 7.05. The van der Waals surface area contributed by atoms with Crippen LogP contribution < -0.4 is 0 Å². The van der Waals surface area contributed by atoms with Crippen molar-refractivity contribution in [3.8, 4) is 0 Å². The molecular weight excluding hydrogens is 489 g/mol. The normalized spacial score (nSPS) is 10.0. The molecule has 0 heterocycles. The number of alkyl halides is 3. The molecule has 3 heteroatoms. The third-order valence-corrected chi connectivity index (χ3v) is 1.38. The molecule has 0 unspecified atom stereocenters. The van der Waals surface area contributed by atoms with E-state index in [2.05, 4.69) is 102 Å². The lowest BCUT2D eigenvalue weighted by Gasteiger charge is -1.96. The predicted octanol–water partition coefficient (Wildman–Crippen LogP) is 5.72. The van der Waals surface area contributed by atoms with E-state index >= 15 is 0 Å². The van der Waals surface area contributed by atoms with Crippen molar-refractivity contribution in [1.82, 2.24) is 0 Å². The van der Waals surface area contributed by atoms with E-state index < -0.39 is 0 Å². The molecule has 0 aliphatic carbocycles. The first-order chi connectivity index (χ1) is 5.18. The Morgan fingerprint density at radius 1 is 1.08 bits per heavy atom. The van der Waals surface area contributed by atoms with Gasteiger partial charge in [-0.25, -0.2) is 0 Å². The molecule has 0 N–H and O–H groups in total. The van der Waals surface area contributed by atoms with Gasteiger partial charge in [0.1, 0.15) is -0.565 Å². The van der Waals surface area contributed by atoms with Crippen molar-refractivity contribution in [3.63, 3.8) is 0 Å². The van der Waals surface area contributed by atoms with Crippen LogP contribution in [0.25, 0.3) is 0 Å². The average molecular weight is 506 g/mol. The highest BCUT2D eigenvalue weighted by atomic mass is 127. The number of hydrogen-bond acceptors (Lipinski definition) is 0. The predicted molar refractivity (Wildman–Crippen MR) is 84.8 cm³/mol. The molecule has 0 amide bonds. The van der Waals surface area contributed by atoms with E-state index in [0.29, 0.717) is -0.565 Å². The second-order valence-electron chi connectivity index (χ2n) is 2.92. The highest BCUT2D eigenvalue weighted by Gasteiger charge is 2.04. The molecule has 0 nitrogen and oxygen atoms in total. The summed E-state index contributed by atoms with van der Waals surface area (Å²) < 4.78 is 0.410. The van der Waals surface area contributed by atoms with Crippen LogP contribution in [0.2, 0.25) is 0 Å². The van der Waals surface area contributed by atoms with E-state index in [9.17, 15) is 0 Å². The number of allylic oxidation sites excluding steroid dienone is 2. The third kappa shape index (κ3) is 22.7. The summed E-state index contributed by atoms with van der Waals surface area (Å²) in [6, 6.07) is 0. The highest BCUT2D eigenvalue weighted by Crippen LogP contribution is 2.33. The molecule has 0 saturated carbocycles. The van der Waals surface area contributed by atoms with Crippen molar-refractivity contribution in [2.24, 2.45) is 0 Å². The molecule has 0 rings (SSSR count). The quantitative estimate of drug-likeness (QED) is 0.243. The summed E-state index contributed by atoms with van der Waals surface area (Å²) in [7, 11) is 0. The second-order valence-corrected chi connectivity index (χ2v) is 15.6. The fourth-order valence-electron chi connectivity index (χ4n) is 0.354. The molecule has 0 bridgehead atoms. The summed E-state index contributed by atoms with van der Waals surface area (Å²) in [5.74, 6) is 0. The first-order valence-corrected chi connectivity index (χ1v) is 7.11. The largest absolute Gasteiger partial charge is 0.121 e. The molecule has 0 fully saturated rings. The fourth-order valence-corrected chi connectivity index (χ4v) is 0.354. The minimum absolute atomic E-state index is 0.410. The van der Waals surface area contributed by atoms with E-state index in [1.54, 1.807) is 0 Å². The van der Waals surface area contributed by atoms with Gasteiger partial charge in [-0.05, 0) is 34.1 Å². The second kappa shape index (κ2) is 8.26. The lowest BCUT2D eigenvalue weighted by atomic mass is 10.1. The Kier molecular flexibility index (Phi) is 11.3. The Morgan fingerprint density at radius 3 is 1.33 bits per heavy atom. The zero-order chi connectivity index (χ0) is 10.4. The molecule has 0 atom stereocenters. The number of hydrogen-bond donors (Lipinski definition) is 0. The van der Waals surface area contributed by atoms with Crippen LogP contribution in [-0.2, 0) is 0 Å². The van der Waals surface area contributed by atoms with Crippen LogP contribution in [0.3, 0.4) is 0 Å².